The summed E-state index contributed by atoms with van der Waals surface area (Å²) in [5, 5.41) is 3.65. The first kappa shape index (κ1) is 23.2. The zero-order valence-electron chi connectivity index (χ0n) is 16.5. The fraction of sp³-hybridized carbons (Fsp3) is 1.00. The normalized spacial score (nSPS) is 15.9. The summed E-state index contributed by atoms with van der Waals surface area (Å²) in [5.74, 6) is 0. The molecule has 0 amide bonds. The molecule has 0 heterocycles. The average Bonchev–Trinajstić information content (AvgIpc) is 2.38. The van der Waals surface area contributed by atoms with E-state index in [-0.39, 0.29) is 0 Å². The van der Waals surface area contributed by atoms with Crippen LogP contribution in [0.1, 0.15) is 54.4 Å². The molecule has 140 valence electrons. The predicted molar refractivity (Wildman–Crippen MR) is 103 cm³/mol. The molecule has 0 bridgehead atoms. The van der Waals surface area contributed by atoms with Crippen LogP contribution in [-0.2, 0) is 18.9 Å². The average molecular weight is 366 g/mol. The molecule has 0 rings (SSSR count). The van der Waals surface area contributed by atoms with Crippen LogP contribution in [0, 0.1) is 0 Å². The van der Waals surface area contributed by atoms with Gasteiger partial charge < -0.3 is 24.3 Å². The summed E-state index contributed by atoms with van der Waals surface area (Å²) in [4.78, 5) is 0. The molecule has 0 aliphatic heterocycles. The molecule has 0 aliphatic carbocycles. The molecule has 2 unspecified atom stereocenters. The second-order valence-corrected chi connectivity index (χ2v) is 9.42. The van der Waals surface area contributed by atoms with Crippen LogP contribution < -0.4 is 5.32 Å². The molecule has 5 nitrogen and oxygen atoms in total. The lowest BCUT2D eigenvalue weighted by molar-refractivity contribution is -0.183. The molecular formula is C16H39NO4Si2. The Bertz CT molecular complexity index is 268. The Morgan fingerprint density at radius 2 is 0.957 bits per heavy atom. The van der Waals surface area contributed by atoms with Gasteiger partial charge in [-0.2, -0.15) is 0 Å². The molecule has 0 aromatic heterocycles. The molecule has 0 aromatic rings. The highest BCUT2D eigenvalue weighted by atomic mass is 28.2. The van der Waals surface area contributed by atoms with Gasteiger partial charge in [0, 0.05) is 51.4 Å². The number of nitrogens with one attached hydrogen (secondary N) is 1. The maximum Gasteiger partial charge on any atom is 0.143 e. The minimum atomic E-state index is -0.395. The molecule has 0 radical (unpaired) electrons. The van der Waals surface area contributed by atoms with E-state index in [1.165, 1.54) is 0 Å². The zero-order chi connectivity index (χ0) is 17.9. The number of hydrogen-bond acceptors (Lipinski definition) is 5. The van der Waals surface area contributed by atoms with Gasteiger partial charge in [-0.25, -0.2) is 0 Å². The molecule has 7 heteroatoms. The van der Waals surface area contributed by atoms with Gasteiger partial charge in [-0.05, 0) is 41.5 Å². The van der Waals surface area contributed by atoms with Gasteiger partial charge in [0.15, 0.2) is 0 Å². The van der Waals surface area contributed by atoms with Crippen LogP contribution >= 0.6 is 0 Å². The van der Waals surface area contributed by atoms with E-state index in [0.717, 1.165) is 33.3 Å². The van der Waals surface area contributed by atoms with Crippen LogP contribution in [0.2, 0.25) is 0 Å². The first-order valence-electron chi connectivity index (χ1n) is 9.06. The van der Waals surface area contributed by atoms with Crippen LogP contribution in [0.3, 0.4) is 0 Å². The van der Waals surface area contributed by atoms with E-state index < -0.39 is 10.8 Å². The molecule has 0 aliphatic rings. The highest BCUT2D eigenvalue weighted by molar-refractivity contribution is 6.13. The molecule has 1 N–H and O–H groups in total. The topological polar surface area (TPSA) is 49.0 Å². The summed E-state index contributed by atoms with van der Waals surface area (Å²) < 4.78 is 23.4. The molecule has 2 atom stereocenters. The minimum absolute atomic E-state index is 0.315. The fourth-order valence-corrected chi connectivity index (χ4v) is 5.64. The third-order valence-corrected chi connectivity index (χ3v) is 5.69. The van der Waals surface area contributed by atoms with Crippen molar-refractivity contribution in [2.75, 3.05) is 26.4 Å². The third-order valence-electron chi connectivity index (χ3n) is 3.72. The lowest BCUT2D eigenvalue weighted by Gasteiger charge is -2.36. The van der Waals surface area contributed by atoms with Crippen molar-refractivity contribution in [1.29, 1.82) is 0 Å². The maximum absolute atomic E-state index is 5.86. The molecule has 23 heavy (non-hydrogen) atoms. The Labute approximate surface area is 149 Å². The van der Waals surface area contributed by atoms with E-state index in [4.69, 9.17) is 18.9 Å². The second-order valence-electron chi connectivity index (χ2n) is 6.38. The lowest BCUT2D eigenvalue weighted by atomic mass is 10.1. The van der Waals surface area contributed by atoms with E-state index in [0.29, 0.717) is 38.5 Å². The zero-order valence-corrected chi connectivity index (χ0v) is 20.5. The van der Waals surface area contributed by atoms with Crippen molar-refractivity contribution in [3.63, 3.8) is 0 Å². The van der Waals surface area contributed by atoms with Gasteiger partial charge in [-0.1, -0.05) is 0 Å². The highest BCUT2D eigenvalue weighted by Crippen LogP contribution is 2.19. The second kappa shape index (κ2) is 11.7. The minimum Gasteiger partial charge on any atom is -0.355 e. The highest BCUT2D eigenvalue weighted by Gasteiger charge is 2.30. The van der Waals surface area contributed by atoms with Gasteiger partial charge in [0.05, 0.1) is 20.5 Å². The number of hydrogen-bond donors (Lipinski definition) is 1. The van der Waals surface area contributed by atoms with Crippen molar-refractivity contribution in [3.8, 4) is 0 Å². The monoisotopic (exact) mass is 365 g/mol. The van der Waals surface area contributed by atoms with Gasteiger partial charge in [0.1, 0.15) is 10.8 Å². The van der Waals surface area contributed by atoms with Crippen LogP contribution in [0.15, 0.2) is 0 Å². The Morgan fingerprint density at radius 3 is 1.17 bits per heavy atom. The van der Waals surface area contributed by atoms with Crippen LogP contribution in [0.5, 0.6) is 0 Å². The Hall–Kier alpha value is 0.234. The fourth-order valence-electron chi connectivity index (χ4n) is 3.26. The Kier molecular flexibility index (Phi) is 11.8. The van der Waals surface area contributed by atoms with E-state index in [2.05, 4.69) is 19.2 Å². The van der Waals surface area contributed by atoms with Gasteiger partial charge in [0.2, 0.25) is 0 Å². The van der Waals surface area contributed by atoms with Crippen LogP contribution in [0.25, 0.3) is 0 Å². The predicted octanol–water partition coefficient (Wildman–Crippen LogP) is 0.318. The summed E-state index contributed by atoms with van der Waals surface area (Å²) >= 11 is 0. The smallest absolute Gasteiger partial charge is 0.143 e. The summed E-state index contributed by atoms with van der Waals surface area (Å²) in [6, 6.07) is 0.629. The van der Waals surface area contributed by atoms with Crippen molar-refractivity contribution in [1.82, 2.24) is 5.32 Å². The molecule has 0 saturated carbocycles. The Balaban J connectivity index is 4.54. The van der Waals surface area contributed by atoms with Crippen molar-refractivity contribution in [3.05, 3.63) is 0 Å². The standard InChI is InChI=1S/C16H39NO4Si2/c1-7-18-15(22,19-8-2)11-13(5)17-14(6)12-16(23,20-9-3)21-10-4/h13-14,17H,7-12H2,1-6,22-23H3. The molecule has 0 fully saturated rings. The number of ether oxygens (including phenoxy) is 4. The SMILES string of the molecule is CCOC([SiH3])(CC(C)NC(C)CC([SiH3])(OCC)OCC)OCC. The quantitative estimate of drug-likeness (QED) is 0.355. The summed E-state index contributed by atoms with van der Waals surface area (Å²) in [6.07, 6.45) is 1.73. The van der Waals surface area contributed by atoms with Crippen LogP contribution in [0.4, 0.5) is 0 Å². The lowest BCUT2D eigenvalue weighted by Crippen LogP contribution is -2.48. The summed E-state index contributed by atoms with van der Waals surface area (Å²) in [6.45, 7) is 15.2. The first-order valence-corrected chi connectivity index (χ1v) is 11.1. The summed E-state index contributed by atoms with van der Waals surface area (Å²) in [5.41, 5.74) is -0.791. The van der Waals surface area contributed by atoms with Crippen molar-refractivity contribution in [2.24, 2.45) is 0 Å². The van der Waals surface area contributed by atoms with E-state index in [1.807, 2.05) is 27.7 Å². The third kappa shape index (κ3) is 9.96. The molecule has 0 saturated heterocycles. The van der Waals surface area contributed by atoms with E-state index >= 15 is 0 Å². The largest absolute Gasteiger partial charge is 0.355 e. The van der Waals surface area contributed by atoms with Gasteiger partial charge >= 0.3 is 0 Å². The van der Waals surface area contributed by atoms with Crippen molar-refractivity contribution < 1.29 is 18.9 Å². The summed E-state index contributed by atoms with van der Waals surface area (Å²) in [7, 11) is 1.71. The molecule has 0 spiro atoms. The van der Waals surface area contributed by atoms with Gasteiger partial charge in [0.25, 0.3) is 0 Å². The van der Waals surface area contributed by atoms with E-state index in [9.17, 15) is 0 Å². The Morgan fingerprint density at radius 1 is 0.696 bits per heavy atom. The molecular weight excluding hydrogens is 326 g/mol. The first-order chi connectivity index (χ1) is 10.7. The van der Waals surface area contributed by atoms with Crippen molar-refractivity contribution in [2.45, 2.75) is 77.3 Å². The van der Waals surface area contributed by atoms with Gasteiger partial charge in [-0.15, -0.1) is 0 Å². The molecule has 0 aromatic carbocycles. The van der Waals surface area contributed by atoms with E-state index in [1.54, 1.807) is 0 Å². The van der Waals surface area contributed by atoms with Gasteiger partial charge in [-0.3, -0.25) is 0 Å². The van der Waals surface area contributed by atoms with Crippen molar-refractivity contribution >= 4 is 20.5 Å². The maximum atomic E-state index is 5.86. The number of rotatable bonds is 14. The van der Waals surface area contributed by atoms with Crippen LogP contribution in [-0.4, -0.2) is 69.8 Å².